The molecule has 0 radical (unpaired) electrons. The molecule has 2 saturated heterocycles. The van der Waals surface area contributed by atoms with Crippen LogP contribution in [0.3, 0.4) is 0 Å². The van der Waals surface area contributed by atoms with Crippen LogP contribution in [-0.2, 0) is 23.7 Å². The molecule has 9 N–H and O–H groups in total. The number of amides is 1. The highest BCUT2D eigenvalue weighted by molar-refractivity contribution is 5.76. The van der Waals surface area contributed by atoms with Crippen molar-refractivity contribution in [2.75, 3.05) is 19.8 Å². The number of aliphatic hydroxyl groups is 8. The molecular formula is C62H117NO13. The maximum absolute atomic E-state index is 13.3. The van der Waals surface area contributed by atoms with E-state index >= 15 is 0 Å². The van der Waals surface area contributed by atoms with Crippen molar-refractivity contribution in [3.05, 3.63) is 24.3 Å². The number of carbonyl (C=O) groups excluding carboxylic acids is 1. The van der Waals surface area contributed by atoms with Crippen molar-refractivity contribution in [1.29, 1.82) is 0 Å². The normalized spacial score (nSPS) is 25.0. The molecule has 448 valence electrons. The van der Waals surface area contributed by atoms with E-state index in [4.69, 9.17) is 18.9 Å². The van der Waals surface area contributed by atoms with Crippen molar-refractivity contribution in [3.63, 3.8) is 0 Å². The molecule has 0 saturated carbocycles. The second-order valence-corrected chi connectivity index (χ2v) is 22.5. The standard InChI is InChI=1S/C62H117NO13/c1-3-5-7-9-11-13-15-17-19-21-23-24-25-26-27-28-29-31-33-35-37-39-41-43-45-51(66)50(63-54(67)46-44-42-40-38-36-34-32-30-22-20-18-16-14-12-10-8-6-4-2)49-73-61-59(72)57(70)60(53(48-65)75-61)76-62-58(71)56(69)55(68)52(47-64)74-62/h20,22,43,45,50-53,55-62,64-66,68-72H,3-19,21,23-42,44,46-49H2,1-2H3,(H,63,67)/b22-20-,45-43+. The molecule has 0 spiro atoms. The summed E-state index contributed by atoms with van der Waals surface area (Å²) in [5, 5.41) is 87.2. The zero-order chi connectivity index (χ0) is 55.3. The average molecular weight is 1080 g/mol. The van der Waals surface area contributed by atoms with Crippen LogP contribution in [0, 0.1) is 0 Å². The Hall–Kier alpha value is -1.53. The quantitative estimate of drug-likeness (QED) is 0.0204. The van der Waals surface area contributed by atoms with Gasteiger partial charge in [-0.2, -0.15) is 0 Å². The number of ether oxygens (including phenoxy) is 4. The topological polar surface area (TPSA) is 228 Å². The van der Waals surface area contributed by atoms with E-state index in [2.05, 4.69) is 31.3 Å². The van der Waals surface area contributed by atoms with Crippen molar-refractivity contribution in [2.45, 2.75) is 344 Å². The summed E-state index contributed by atoms with van der Waals surface area (Å²) in [6.45, 7) is 2.82. The fourth-order valence-electron chi connectivity index (χ4n) is 10.5. The van der Waals surface area contributed by atoms with Crippen LogP contribution in [0.1, 0.15) is 271 Å². The van der Waals surface area contributed by atoms with E-state index in [9.17, 15) is 45.6 Å². The van der Waals surface area contributed by atoms with Crippen LogP contribution in [0.4, 0.5) is 0 Å². The van der Waals surface area contributed by atoms with Gasteiger partial charge in [0.2, 0.25) is 5.91 Å². The van der Waals surface area contributed by atoms with Crippen molar-refractivity contribution < 1.29 is 64.6 Å². The third-order valence-corrected chi connectivity index (χ3v) is 15.6. The molecule has 2 fully saturated rings. The molecule has 0 aromatic carbocycles. The lowest BCUT2D eigenvalue weighted by Crippen LogP contribution is -2.65. The number of hydrogen-bond donors (Lipinski definition) is 9. The summed E-state index contributed by atoms with van der Waals surface area (Å²) in [4.78, 5) is 13.3. The van der Waals surface area contributed by atoms with Crippen molar-refractivity contribution >= 4 is 5.91 Å². The summed E-state index contributed by atoms with van der Waals surface area (Å²) in [6.07, 6.45) is 40.7. The van der Waals surface area contributed by atoms with E-state index in [0.29, 0.717) is 6.42 Å². The smallest absolute Gasteiger partial charge is 0.220 e. The number of unbranched alkanes of at least 4 members (excludes halogenated alkanes) is 36. The first-order valence-corrected chi connectivity index (χ1v) is 31.6. The fourth-order valence-corrected chi connectivity index (χ4v) is 10.5. The Balaban J connectivity index is 1.74. The van der Waals surface area contributed by atoms with Crippen LogP contribution < -0.4 is 5.32 Å². The van der Waals surface area contributed by atoms with Crippen molar-refractivity contribution in [3.8, 4) is 0 Å². The van der Waals surface area contributed by atoms with Gasteiger partial charge in [-0.05, 0) is 44.9 Å². The van der Waals surface area contributed by atoms with E-state index in [0.717, 1.165) is 44.9 Å². The number of carbonyl (C=O) groups is 1. The van der Waals surface area contributed by atoms with Crippen LogP contribution in [0.5, 0.6) is 0 Å². The molecule has 2 aliphatic heterocycles. The highest BCUT2D eigenvalue weighted by Gasteiger charge is 2.51. The largest absolute Gasteiger partial charge is 0.394 e. The third-order valence-electron chi connectivity index (χ3n) is 15.6. The molecule has 76 heavy (non-hydrogen) atoms. The molecule has 0 aromatic heterocycles. The molecule has 0 aromatic rings. The Labute approximate surface area is 462 Å². The number of nitrogens with one attached hydrogen (secondary N) is 1. The van der Waals surface area contributed by atoms with E-state index in [1.165, 1.54) is 199 Å². The minimum Gasteiger partial charge on any atom is -0.394 e. The summed E-state index contributed by atoms with van der Waals surface area (Å²) in [7, 11) is 0. The summed E-state index contributed by atoms with van der Waals surface area (Å²) in [5.74, 6) is -0.240. The van der Waals surface area contributed by atoms with Crippen LogP contribution >= 0.6 is 0 Å². The van der Waals surface area contributed by atoms with Crippen molar-refractivity contribution in [1.82, 2.24) is 5.32 Å². The first-order chi connectivity index (χ1) is 37.1. The van der Waals surface area contributed by atoms with Gasteiger partial charge < -0.3 is 65.1 Å². The van der Waals surface area contributed by atoms with E-state index < -0.39 is 86.8 Å². The van der Waals surface area contributed by atoms with Crippen LogP contribution in [-0.4, -0.2) is 140 Å². The first kappa shape index (κ1) is 70.6. The Morgan fingerprint density at radius 1 is 0.461 bits per heavy atom. The fraction of sp³-hybridized carbons (Fsp3) is 0.919. The Bertz CT molecular complexity index is 1370. The average Bonchev–Trinajstić information content (AvgIpc) is 3.42. The van der Waals surface area contributed by atoms with Crippen molar-refractivity contribution in [2.24, 2.45) is 0 Å². The maximum atomic E-state index is 13.3. The number of allylic oxidation sites excluding steroid dienone is 3. The van der Waals surface area contributed by atoms with E-state index in [1.54, 1.807) is 6.08 Å². The lowest BCUT2D eigenvalue weighted by Gasteiger charge is -2.46. The van der Waals surface area contributed by atoms with Gasteiger partial charge in [-0.15, -0.1) is 0 Å². The molecule has 12 atom stereocenters. The first-order valence-electron chi connectivity index (χ1n) is 31.6. The highest BCUT2D eigenvalue weighted by atomic mass is 16.7. The molecule has 2 rings (SSSR count). The van der Waals surface area contributed by atoms with Gasteiger partial charge in [-0.3, -0.25) is 4.79 Å². The van der Waals surface area contributed by atoms with Gasteiger partial charge in [0, 0.05) is 6.42 Å². The van der Waals surface area contributed by atoms with Gasteiger partial charge in [0.05, 0.1) is 32.0 Å². The van der Waals surface area contributed by atoms with E-state index in [-0.39, 0.29) is 18.9 Å². The monoisotopic (exact) mass is 1080 g/mol. The number of rotatable bonds is 51. The Kier molecular flexibility index (Phi) is 44.8. The van der Waals surface area contributed by atoms with Gasteiger partial charge in [0.25, 0.3) is 0 Å². The second-order valence-electron chi connectivity index (χ2n) is 22.5. The van der Waals surface area contributed by atoms with Gasteiger partial charge in [0.15, 0.2) is 12.6 Å². The summed E-state index contributed by atoms with van der Waals surface area (Å²) in [5.41, 5.74) is 0. The van der Waals surface area contributed by atoms with E-state index in [1.807, 2.05) is 6.08 Å². The summed E-state index contributed by atoms with van der Waals surface area (Å²) >= 11 is 0. The number of aliphatic hydroxyl groups excluding tert-OH is 8. The van der Waals surface area contributed by atoms with Crippen LogP contribution in [0.15, 0.2) is 24.3 Å². The SMILES string of the molecule is CCCCCCCCC/C=C\CCCCCCCCCC(=O)NC(COC1OC(CO)C(OC2OC(CO)C(O)C(O)C2O)C(O)C1O)C(O)/C=C/CCCCCCCCCCCCCCCCCCCCCCCC. The lowest BCUT2D eigenvalue weighted by atomic mass is 9.97. The molecule has 14 heteroatoms. The molecular weight excluding hydrogens is 967 g/mol. The Morgan fingerprint density at radius 3 is 1.25 bits per heavy atom. The minimum absolute atomic E-state index is 0.240. The molecule has 2 aliphatic rings. The van der Waals surface area contributed by atoms with Gasteiger partial charge in [-0.25, -0.2) is 0 Å². The molecule has 0 aliphatic carbocycles. The predicted octanol–water partition coefficient (Wildman–Crippen LogP) is 11.2. The van der Waals surface area contributed by atoms with Gasteiger partial charge in [-0.1, -0.05) is 244 Å². The molecule has 14 nitrogen and oxygen atoms in total. The van der Waals surface area contributed by atoms with Crippen LogP contribution in [0.25, 0.3) is 0 Å². The molecule has 2 heterocycles. The molecule has 1 amide bonds. The third kappa shape index (κ3) is 33.3. The number of hydrogen-bond acceptors (Lipinski definition) is 13. The highest BCUT2D eigenvalue weighted by Crippen LogP contribution is 2.30. The predicted molar refractivity (Wildman–Crippen MR) is 305 cm³/mol. The minimum atomic E-state index is -1.79. The Morgan fingerprint density at radius 2 is 0.829 bits per heavy atom. The zero-order valence-corrected chi connectivity index (χ0v) is 48.3. The summed E-state index contributed by atoms with van der Waals surface area (Å²) < 4.78 is 22.8. The zero-order valence-electron chi connectivity index (χ0n) is 48.3. The second kappa shape index (κ2) is 48.2. The van der Waals surface area contributed by atoms with Crippen LogP contribution in [0.2, 0.25) is 0 Å². The molecule has 12 unspecified atom stereocenters. The summed E-state index contributed by atoms with van der Waals surface area (Å²) in [6, 6.07) is -0.915. The lowest BCUT2D eigenvalue weighted by molar-refractivity contribution is -0.359. The van der Waals surface area contributed by atoms with Gasteiger partial charge in [0.1, 0.15) is 48.8 Å². The molecule has 0 bridgehead atoms. The maximum Gasteiger partial charge on any atom is 0.220 e. The van der Waals surface area contributed by atoms with Gasteiger partial charge >= 0.3 is 0 Å².